The Morgan fingerprint density at radius 2 is 2.00 bits per heavy atom. The summed E-state index contributed by atoms with van der Waals surface area (Å²) in [5, 5.41) is 3.35. The van der Waals surface area contributed by atoms with Gasteiger partial charge < -0.3 is 10.2 Å². The van der Waals surface area contributed by atoms with E-state index in [0.29, 0.717) is 0 Å². The van der Waals surface area contributed by atoms with E-state index < -0.39 is 0 Å². The number of hydrogen-bond donors (Lipinski definition) is 1. The van der Waals surface area contributed by atoms with Crippen molar-refractivity contribution in [3.05, 3.63) is 65.0 Å². The molecule has 1 aliphatic heterocycles. The second-order valence-electron chi connectivity index (χ2n) is 5.54. The maximum absolute atomic E-state index is 13.4. The predicted molar refractivity (Wildman–Crippen MR) is 85.0 cm³/mol. The molecule has 0 radical (unpaired) electrons. The van der Waals surface area contributed by atoms with Crippen molar-refractivity contribution in [2.75, 3.05) is 18.0 Å². The second-order valence-corrected chi connectivity index (χ2v) is 5.54. The van der Waals surface area contributed by atoms with Crippen LogP contribution in [0.3, 0.4) is 0 Å². The van der Waals surface area contributed by atoms with E-state index in [4.69, 9.17) is 0 Å². The summed E-state index contributed by atoms with van der Waals surface area (Å²) in [6, 6.07) is 13.7. The van der Waals surface area contributed by atoms with Gasteiger partial charge in [-0.1, -0.05) is 37.3 Å². The molecule has 0 fully saturated rings. The molecule has 0 unspecified atom stereocenters. The van der Waals surface area contributed by atoms with Crippen LogP contribution in [0.25, 0.3) is 0 Å². The molecule has 2 aromatic carbocycles. The first-order valence-electron chi connectivity index (χ1n) is 7.58. The maximum atomic E-state index is 13.4. The number of anilines is 1. The fourth-order valence-electron chi connectivity index (χ4n) is 2.91. The van der Waals surface area contributed by atoms with Crippen molar-refractivity contribution in [1.82, 2.24) is 5.32 Å². The topological polar surface area (TPSA) is 15.3 Å². The van der Waals surface area contributed by atoms with Crippen LogP contribution in [-0.2, 0) is 19.5 Å². The molecule has 1 heterocycles. The Balaban J connectivity index is 1.75. The van der Waals surface area contributed by atoms with Crippen molar-refractivity contribution in [3.8, 4) is 0 Å². The second kappa shape index (κ2) is 6.27. The first-order chi connectivity index (χ1) is 10.3. The lowest BCUT2D eigenvalue weighted by molar-refractivity contribution is 0.627. The standard InChI is InChI=1S/C18H21FN2/c1-2-20-12-14-4-3-5-15(10-14)13-21-9-8-16-6-7-17(19)11-18(16)21/h3-7,10-11,20H,2,8-9,12-13H2,1H3. The van der Waals surface area contributed by atoms with Gasteiger partial charge in [-0.2, -0.15) is 0 Å². The van der Waals surface area contributed by atoms with E-state index in [1.807, 2.05) is 6.07 Å². The first kappa shape index (κ1) is 14.1. The minimum absolute atomic E-state index is 0.151. The molecule has 0 aliphatic carbocycles. The van der Waals surface area contributed by atoms with Crippen LogP contribution in [0, 0.1) is 5.82 Å². The Labute approximate surface area is 125 Å². The summed E-state index contributed by atoms with van der Waals surface area (Å²) in [7, 11) is 0. The van der Waals surface area contributed by atoms with E-state index in [2.05, 4.69) is 41.4 Å². The van der Waals surface area contributed by atoms with Gasteiger partial charge >= 0.3 is 0 Å². The number of nitrogens with one attached hydrogen (secondary N) is 1. The fourth-order valence-corrected chi connectivity index (χ4v) is 2.91. The lowest BCUT2D eigenvalue weighted by Gasteiger charge is -2.20. The van der Waals surface area contributed by atoms with Gasteiger partial charge in [0.05, 0.1) is 0 Å². The summed E-state index contributed by atoms with van der Waals surface area (Å²) in [5.41, 5.74) is 4.88. The third kappa shape index (κ3) is 3.24. The average Bonchev–Trinajstić information content (AvgIpc) is 2.88. The molecular weight excluding hydrogens is 263 g/mol. The van der Waals surface area contributed by atoms with E-state index in [0.717, 1.165) is 38.3 Å². The van der Waals surface area contributed by atoms with Crippen molar-refractivity contribution < 1.29 is 4.39 Å². The van der Waals surface area contributed by atoms with Crippen molar-refractivity contribution in [2.24, 2.45) is 0 Å². The van der Waals surface area contributed by atoms with E-state index in [1.54, 1.807) is 12.1 Å². The van der Waals surface area contributed by atoms with Gasteiger partial charge in [0.2, 0.25) is 0 Å². The summed E-state index contributed by atoms with van der Waals surface area (Å²) in [4.78, 5) is 2.27. The molecule has 1 N–H and O–H groups in total. The Bertz CT molecular complexity index is 624. The molecule has 2 aromatic rings. The lowest BCUT2D eigenvalue weighted by atomic mass is 10.1. The predicted octanol–water partition coefficient (Wildman–Crippen LogP) is 3.50. The summed E-state index contributed by atoms with van der Waals surface area (Å²) in [6.45, 7) is 5.80. The van der Waals surface area contributed by atoms with Crippen molar-refractivity contribution >= 4 is 5.69 Å². The zero-order chi connectivity index (χ0) is 14.7. The van der Waals surface area contributed by atoms with Gasteiger partial charge in [0.25, 0.3) is 0 Å². The van der Waals surface area contributed by atoms with Crippen molar-refractivity contribution in [1.29, 1.82) is 0 Å². The quantitative estimate of drug-likeness (QED) is 0.904. The normalized spacial score (nSPS) is 13.5. The van der Waals surface area contributed by atoms with Crippen LogP contribution >= 0.6 is 0 Å². The lowest BCUT2D eigenvalue weighted by Crippen LogP contribution is -2.20. The summed E-state index contributed by atoms with van der Waals surface area (Å²) >= 11 is 0. The average molecular weight is 284 g/mol. The van der Waals surface area contributed by atoms with Crippen LogP contribution in [0.5, 0.6) is 0 Å². The monoisotopic (exact) mass is 284 g/mol. The van der Waals surface area contributed by atoms with E-state index in [-0.39, 0.29) is 5.82 Å². The zero-order valence-corrected chi connectivity index (χ0v) is 12.4. The van der Waals surface area contributed by atoms with E-state index in [1.165, 1.54) is 16.7 Å². The molecule has 3 heteroatoms. The number of benzene rings is 2. The molecule has 3 rings (SSSR count). The van der Waals surface area contributed by atoms with E-state index >= 15 is 0 Å². The van der Waals surface area contributed by atoms with Gasteiger partial charge in [0.15, 0.2) is 0 Å². The van der Waals surface area contributed by atoms with Gasteiger partial charge in [-0.25, -0.2) is 4.39 Å². The minimum atomic E-state index is -0.151. The Morgan fingerprint density at radius 3 is 2.86 bits per heavy atom. The third-order valence-corrected chi connectivity index (χ3v) is 3.98. The summed E-state index contributed by atoms with van der Waals surface area (Å²) in [6.07, 6.45) is 1.01. The molecule has 110 valence electrons. The highest BCUT2D eigenvalue weighted by atomic mass is 19.1. The first-order valence-corrected chi connectivity index (χ1v) is 7.58. The number of rotatable bonds is 5. The molecule has 2 nitrogen and oxygen atoms in total. The molecule has 0 aromatic heterocycles. The van der Waals surface area contributed by atoms with E-state index in [9.17, 15) is 4.39 Å². The minimum Gasteiger partial charge on any atom is -0.367 e. The number of hydrogen-bond acceptors (Lipinski definition) is 2. The highest BCUT2D eigenvalue weighted by molar-refractivity contribution is 5.58. The molecule has 0 amide bonds. The molecule has 0 saturated heterocycles. The Hall–Kier alpha value is -1.87. The highest BCUT2D eigenvalue weighted by Gasteiger charge is 2.19. The van der Waals surface area contributed by atoms with Gasteiger partial charge in [-0.15, -0.1) is 0 Å². The van der Waals surface area contributed by atoms with Crippen LogP contribution in [0.4, 0.5) is 10.1 Å². The Kier molecular flexibility index (Phi) is 4.20. The molecule has 0 bridgehead atoms. The number of halogens is 1. The molecule has 21 heavy (non-hydrogen) atoms. The molecule has 0 saturated carbocycles. The largest absolute Gasteiger partial charge is 0.367 e. The SMILES string of the molecule is CCNCc1cccc(CN2CCc3ccc(F)cc32)c1. The van der Waals surface area contributed by atoms with Crippen LogP contribution < -0.4 is 10.2 Å². The summed E-state index contributed by atoms with van der Waals surface area (Å²) < 4.78 is 13.4. The zero-order valence-electron chi connectivity index (χ0n) is 12.4. The Morgan fingerprint density at radius 1 is 1.14 bits per heavy atom. The smallest absolute Gasteiger partial charge is 0.125 e. The van der Waals surface area contributed by atoms with Crippen molar-refractivity contribution in [2.45, 2.75) is 26.4 Å². The molecule has 0 spiro atoms. The van der Waals surface area contributed by atoms with Crippen molar-refractivity contribution in [3.63, 3.8) is 0 Å². The van der Waals surface area contributed by atoms with Gasteiger partial charge in [-0.05, 0) is 41.8 Å². The third-order valence-electron chi connectivity index (χ3n) is 3.98. The molecule has 0 atom stereocenters. The van der Waals surface area contributed by atoms with Gasteiger partial charge in [-0.3, -0.25) is 0 Å². The number of fused-ring (bicyclic) bond motifs is 1. The molecular formula is C18H21FN2. The van der Waals surface area contributed by atoms with Crippen LogP contribution in [-0.4, -0.2) is 13.1 Å². The fraction of sp³-hybridized carbons (Fsp3) is 0.333. The van der Waals surface area contributed by atoms with Crippen LogP contribution in [0.1, 0.15) is 23.6 Å². The van der Waals surface area contributed by atoms with Crippen LogP contribution in [0.2, 0.25) is 0 Å². The van der Waals surface area contributed by atoms with Crippen LogP contribution in [0.15, 0.2) is 42.5 Å². The van der Waals surface area contributed by atoms with Gasteiger partial charge in [0.1, 0.15) is 5.82 Å². The number of nitrogens with zero attached hydrogens (tertiary/aromatic N) is 1. The van der Waals surface area contributed by atoms with Gasteiger partial charge in [0, 0.05) is 25.3 Å². The maximum Gasteiger partial charge on any atom is 0.125 e. The summed E-state index contributed by atoms with van der Waals surface area (Å²) in [5.74, 6) is -0.151. The molecule has 1 aliphatic rings. The highest BCUT2D eigenvalue weighted by Crippen LogP contribution is 2.30.